The number of carboxylic acid groups (broad SMARTS) is 1. The Morgan fingerprint density at radius 1 is 1.39 bits per heavy atom. The first-order valence-corrected chi connectivity index (χ1v) is 11.4. The number of nitrogens with one attached hydrogen (secondary N) is 2. The molecule has 0 radical (unpaired) electrons. The summed E-state index contributed by atoms with van der Waals surface area (Å²) in [6, 6.07) is 8.73. The van der Waals surface area contributed by atoms with Gasteiger partial charge in [0.1, 0.15) is 0 Å². The van der Waals surface area contributed by atoms with Crippen LogP contribution in [-0.2, 0) is 16.0 Å². The predicted molar refractivity (Wildman–Crippen MR) is 126 cm³/mol. The third-order valence-corrected chi connectivity index (χ3v) is 7.21. The first-order chi connectivity index (χ1) is 15.8. The van der Waals surface area contributed by atoms with Gasteiger partial charge in [-0.3, -0.25) is 10.3 Å². The summed E-state index contributed by atoms with van der Waals surface area (Å²) in [7, 11) is 1.65. The van der Waals surface area contributed by atoms with Crippen LogP contribution >= 0.6 is 0 Å². The predicted octanol–water partition coefficient (Wildman–Crippen LogP) is 1.89. The van der Waals surface area contributed by atoms with Crippen LogP contribution in [0.2, 0.25) is 0 Å². The Bertz CT molecular complexity index is 1060. The van der Waals surface area contributed by atoms with E-state index in [2.05, 4.69) is 41.1 Å². The topological polar surface area (TPSA) is 139 Å². The van der Waals surface area contributed by atoms with Crippen molar-refractivity contribution in [2.75, 3.05) is 33.3 Å². The van der Waals surface area contributed by atoms with Gasteiger partial charge in [-0.2, -0.15) is 0 Å². The van der Waals surface area contributed by atoms with Crippen LogP contribution in [0.3, 0.4) is 0 Å². The molecule has 5 rings (SSSR count). The van der Waals surface area contributed by atoms with Crippen LogP contribution in [0, 0.1) is 17.2 Å². The van der Waals surface area contributed by atoms with E-state index in [-0.39, 0.29) is 36.5 Å². The number of carboxylic acids is 1. The van der Waals surface area contributed by atoms with E-state index < -0.39 is 5.97 Å². The minimum Gasteiger partial charge on any atom is -0.497 e. The number of aliphatic hydroxyl groups is 1. The zero-order chi connectivity index (χ0) is 23.7. The molecule has 0 aliphatic carbocycles. The van der Waals surface area contributed by atoms with Gasteiger partial charge in [0.25, 0.3) is 0 Å². The summed E-state index contributed by atoms with van der Waals surface area (Å²) < 4.78 is 5.64. The zero-order valence-corrected chi connectivity index (χ0v) is 19.1. The molecular weight excluding hydrogens is 422 g/mol. The number of hydrogen-bond acceptors (Lipinski definition) is 5. The molecule has 0 spiro atoms. The zero-order valence-electron chi connectivity index (χ0n) is 19.1. The van der Waals surface area contributed by atoms with Crippen LogP contribution in [0.1, 0.15) is 30.6 Å². The highest BCUT2D eigenvalue weighted by Crippen LogP contribution is 2.47. The van der Waals surface area contributed by atoms with Crippen LogP contribution < -0.4 is 5.73 Å². The number of para-hydroxylation sites is 1. The Morgan fingerprint density at radius 3 is 2.82 bits per heavy atom. The number of carbonyl (C=O) groups is 1. The minimum absolute atomic E-state index is 0.0148. The van der Waals surface area contributed by atoms with Crippen LogP contribution in [0.4, 0.5) is 0 Å². The van der Waals surface area contributed by atoms with Crippen LogP contribution in [0.25, 0.3) is 10.9 Å². The van der Waals surface area contributed by atoms with E-state index in [1.54, 1.807) is 7.05 Å². The number of aliphatic hydroxyl groups excluding tert-OH is 1. The van der Waals surface area contributed by atoms with E-state index in [9.17, 15) is 9.90 Å². The third-order valence-electron chi connectivity index (χ3n) is 7.21. The summed E-state index contributed by atoms with van der Waals surface area (Å²) in [6.45, 7) is 4.45. The van der Waals surface area contributed by atoms with Crippen molar-refractivity contribution in [3.8, 4) is 0 Å². The lowest BCUT2D eigenvalue weighted by atomic mass is 9.72. The maximum absolute atomic E-state index is 11.7. The number of fused-ring (bicyclic) bond motifs is 6. The normalized spacial score (nSPS) is 26.0. The summed E-state index contributed by atoms with van der Waals surface area (Å²) in [4.78, 5) is 19.3. The molecule has 1 aromatic carbocycles. The molecule has 6 N–H and O–H groups in total. The van der Waals surface area contributed by atoms with Crippen molar-refractivity contribution in [1.82, 2.24) is 14.8 Å². The van der Waals surface area contributed by atoms with E-state index in [0.717, 1.165) is 25.9 Å². The fourth-order valence-corrected chi connectivity index (χ4v) is 5.35. The number of aliphatic carboxylic acids is 1. The molecule has 3 aliphatic heterocycles. The van der Waals surface area contributed by atoms with Crippen molar-refractivity contribution in [1.29, 1.82) is 5.41 Å². The van der Waals surface area contributed by atoms with Crippen molar-refractivity contribution >= 4 is 22.8 Å². The van der Waals surface area contributed by atoms with E-state index >= 15 is 0 Å². The molecule has 0 amide bonds. The van der Waals surface area contributed by atoms with Gasteiger partial charge in [-0.1, -0.05) is 18.2 Å². The highest BCUT2D eigenvalue weighted by atomic mass is 16.5. The molecule has 3 aliphatic rings. The second kappa shape index (κ2) is 9.44. The largest absolute Gasteiger partial charge is 0.497 e. The molecule has 2 aromatic rings. The molecule has 4 heterocycles. The van der Waals surface area contributed by atoms with E-state index in [0.29, 0.717) is 12.1 Å². The SMILES string of the molecule is CN(CCO)C(=N)N.C[C@@H]1OC=C(C(=O)O)[C@H]2C[C@H]3c4[nH]c5ccccc5c4CCN3C[C@@H]12. The van der Waals surface area contributed by atoms with Gasteiger partial charge in [-0.05, 0) is 31.4 Å². The Kier molecular flexibility index (Phi) is 6.62. The van der Waals surface area contributed by atoms with Gasteiger partial charge in [-0.25, -0.2) is 4.79 Å². The van der Waals surface area contributed by atoms with Crippen molar-refractivity contribution in [3.63, 3.8) is 0 Å². The molecule has 9 heteroatoms. The lowest BCUT2D eigenvalue weighted by molar-refractivity contribution is -0.135. The number of rotatable bonds is 3. The van der Waals surface area contributed by atoms with E-state index in [1.165, 1.54) is 33.3 Å². The highest BCUT2D eigenvalue weighted by molar-refractivity contribution is 5.87. The fourth-order valence-electron chi connectivity index (χ4n) is 5.35. The molecule has 4 atom stereocenters. The standard InChI is InChI=1S/C20H22N2O3.C4H11N3O/c1-11-15-9-22-7-6-13-12-4-2-3-5-17(12)21-19(13)18(22)8-14(15)16(10-25-11)20(23)24;1-7(2-3-8)4(5)6/h2-5,10-11,14-15,18,21H,6-9H2,1H3,(H,23,24);8H,2-3H2,1H3,(H3,5,6)/t11-,14-,15-,18-;/m0./s1. The molecule has 9 nitrogen and oxygen atoms in total. The van der Waals surface area contributed by atoms with Gasteiger partial charge in [0.15, 0.2) is 5.96 Å². The lowest BCUT2D eigenvalue weighted by Crippen LogP contribution is -2.51. The Morgan fingerprint density at radius 2 is 2.15 bits per heavy atom. The highest BCUT2D eigenvalue weighted by Gasteiger charge is 2.46. The molecule has 0 saturated carbocycles. The number of benzene rings is 1. The molecule has 33 heavy (non-hydrogen) atoms. The van der Waals surface area contributed by atoms with E-state index in [4.69, 9.17) is 21.0 Å². The van der Waals surface area contributed by atoms with Crippen molar-refractivity contribution in [2.24, 2.45) is 17.6 Å². The van der Waals surface area contributed by atoms with Gasteiger partial charge in [-0.15, -0.1) is 0 Å². The van der Waals surface area contributed by atoms with Gasteiger partial charge < -0.3 is 30.6 Å². The average molecular weight is 456 g/mol. The fraction of sp³-hybridized carbons (Fsp3) is 0.500. The molecule has 1 saturated heterocycles. The van der Waals surface area contributed by atoms with E-state index in [1.807, 2.05) is 0 Å². The van der Waals surface area contributed by atoms with Crippen LogP contribution in [-0.4, -0.2) is 76.3 Å². The van der Waals surface area contributed by atoms with Crippen molar-refractivity contribution < 1.29 is 19.7 Å². The number of piperidine rings is 1. The first-order valence-electron chi connectivity index (χ1n) is 11.4. The number of H-pyrrole nitrogens is 1. The van der Waals surface area contributed by atoms with Gasteiger partial charge in [0.05, 0.1) is 30.6 Å². The molecule has 0 bridgehead atoms. The quantitative estimate of drug-likeness (QED) is 0.352. The number of aromatic nitrogens is 1. The maximum atomic E-state index is 11.7. The number of ether oxygens (including phenoxy) is 1. The summed E-state index contributed by atoms with van der Waals surface area (Å²) in [5.74, 6) is -0.555. The number of likely N-dealkylation sites (N-methyl/N-ethyl adjacent to an activating group) is 1. The second-order valence-corrected chi connectivity index (χ2v) is 9.08. The average Bonchev–Trinajstić information content (AvgIpc) is 3.18. The summed E-state index contributed by atoms with van der Waals surface area (Å²) in [5.41, 5.74) is 9.34. The van der Waals surface area contributed by atoms with Gasteiger partial charge in [0.2, 0.25) is 0 Å². The Balaban J connectivity index is 0.000000281. The number of nitrogens with two attached hydrogens (primary N) is 1. The molecular formula is C24H33N5O4. The number of hydrogen-bond donors (Lipinski definition) is 5. The molecule has 1 aromatic heterocycles. The van der Waals surface area contributed by atoms with Gasteiger partial charge >= 0.3 is 5.97 Å². The third kappa shape index (κ3) is 4.43. The maximum Gasteiger partial charge on any atom is 0.334 e. The number of nitrogens with zero attached hydrogens (tertiary/aromatic N) is 2. The van der Waals surface area contributed by atoms with Crippen LogP contribution in [0.15, 0.2) is 36.1 Å². The first kappa shape index (κ1) is 23.1. The lowest BCUT2D eigenvalue weighted by Gasteiger charge is -2.49. The van der Waals surface area contributed by atoms with Crippen LogP contribution in [0.5, 0.6) is 0 Å². The molecule has 0 unspecified atom stereocenters. The number of guanidine groups is 1. The summed E-state index contributed by atoms with van der Waals surface area (Å²) in [6.07, 6.45) is 3.44. The molecule has 1 fully saturated rings. The summed E-state index contributed by atoms with van der Waals surface area (Å²) >= 11 is 0. The smallest absolute Gasteiger partial charge is 0.334 e. The van der Waals surface area contributed by atoms with Crippen molar-refractivity contribution in [3.05, 3.63) is 47.4 Å². The molecule has 178 valence electrons. The minimum atomic E-state index is -0.844. The summed E-state index contributed by atoms with van der Waals surface area (Å²) in [5, 5.41) is 26.0. The van der Waals surface area contributed by atoms with Gasteiger partial charge in [0, 0.05) is 55.1 Å². The van der Waals surface area contributed by atoms with Crippen molar-refractivity contribution in [2.45, 2.75) is 31.9 Å². The Hall–Kier alpha value is -3.04. The monoisotopic (exact) mass is 455 g/mol. The Labute approximate surface area is 193 Å². The number of aromatic amines is 1. The second-order valence-electron chi connectivity index (χ2n) is 9.08.